The van der Waals surface area contributed by atoms with E-state index < -0.39 is 50.1 Å². The number of rotatable bonds is 3. The molecule has 28 heavy (non-hydrogen) atoms. The summed E-state index contributed by atoms with van der Waals surface area (Å²) in [4.78, 5) is 11.8. The van der Waals surface area contributed by atoms with Crippen molar-refractivity contribution >= 4 is 32.7 Å². The molecule has 0 aromatic heterocycles. The Morgan fingerprint density at radius 3 is 2.21 bits per heavy atom. The average Bonchev–Trinajstić information content (AvgIpc) is 2.47. The Labute approximate surface area is 156 Å². The summed E-state index contributed by atoms with van der Waals surface area (Å²) in [5, 5.41) is 1.09. The van der Waals surface area contributed by atoms with Crippen LogP contribution < -0.4 is 9.50 Å². The highest BCUT2D eigenvalue weighted by atomic mass is 32.2. The van der Waals surface area contributed by atoms with Crippen LogP contribution in [0, 0.1) is 11.6 Å². The maximum Gasteiger partial charge on any atom is 0.534 e. The fraction of sp³-hybridized carbons (Fsp3) is 0.312. The van der Waals surface area contributed by atoms with E-state index in [9.17, 15) is 35.2 Å². The second-order valence-electron chi connectivity index (χ2n) is 6.54. The third-order valence-electron chi connectivity index (χ3n) is 3.10. The first-order valence-electron chi connectivity index (χ1n) is 7.53. The number of amides is 1. The molecule has 6 nitrogen and oxygen atoms in total. The Kier molecular flexibility index (Phi) is 5.48. The van der Waals surface area contributed by atoms with Crippen molar-refractivity contribution in [3.63, 3.8) is 0 Å². The van der Waals surface area contributed by atoms with Crippen molar-refractivity contribution in [2.45, 2.75) is 31.9 Å². The third kappa shape index (κ3) is 4.80. The number of benzene rings is 2. The molecule has 0 heterocycles. The maximum atomic E-state index is 14.1. The maximum absolute atomic E-state index is 14.1. The van der Waals surface area contributed by atoms with Gasteiger partial charge in [0.05, 0.1) is 5.39 Å². The molecule has 0 saturated carbocycles. The number of halogens is 5. The zero-order valence-electron chi connectivity index (χ0n) is 14.6. The van der Waals surface area contributed by atoms with Gasteiger partial charge in [-0.2, -0.15) is 21.6 Å². The van der Waals surface area contributed by atoms with Crippen LogP contribution in [0.1, 0.15) is 20.8 Å². The summed E-state index contributed by atoms with van der Waals surface area (Å²) in [5.74, 6) is -4.21. The van der Waals surface area contributed by atoms with Crippen molar-refractivity contribution in [3.8, 4) is 5.75 Å². The van der Waals surface area contributed by atoms with Crippen LogP contribution in [0.2, 0.25) is 0 Å². The molecule has 1 N–H and O–H groups in total. The molecule has 0 aliphatic heterocycles. The fourth-order valence-electron chi connectivity index (χ4n) is 2.08. The molecule has 0 aliphatic carbocycles. The van der Waals surface area contributed by atoms with Crippen LogP contribution in [-0.2, 0) is 14.9 Å². The van der Waals surface area contributed by atoms with Gasteiger partial charge in [0, 0.05) is 11.8 Å². The van der Waals surface area contributed by atoms with E-state index in [4.69, 9.17) is 4.74 Å². The molecular weight excluding hydrogens is 413 g/mol. The van der Waals surface area contributed by atoms with Crippen molar-refractivity contribution in [2.24, 2.45) is 0 Å². The molecule has 154 valence electrons. The van der Waals surface area contributed by atoms with Crippen LogP contribution in [0.3, 0.4) is 0 Å². The van der Waals surface area contributed by atoms with Gasteiger partial charge >= 0.3 is 21.7 Å². The predicted molar refractivity (Wildman–Crippen MR) is 89.3 cm³/mol. The van der Waals surface area contributed by atoms with Gasteiger partial charge < -0.3 is 8.92 Å². The minimum Gasteiger partial charge on any atom is -0.444 e. The minimum absolute atomic E-state index is 0.222. The predicted octanol–water partition coefficient (Wildman–Crippen LogP) is 4.69. The first kappa shape index (κ1) is 21.7. The second kappa shape index (κ2) is 7.08. The van der Waals surface area contributed by atoms with Gasteiger partial charge in [-0.25, -0.2) is 13.6 Å². The van der Waals surface area contributed by atoms with Crippen LogP contribution in [0.15, 0.2) is 24.3 Å². The summed E-state index contributed by atoms with van der Waals surface area (Å²) in [6.45, 7) is 4.65. The topological polar surface area (TPSA) is 81.7 Å². The SMILES string of the molecule is CC(C)(C)OC(=O)Nc1cc(OS(=O)(=O)C(F)(F)F)c2c(F)c(F)ccc2c1. The molecule has 0 bridgehead atoms. The van der Waals surface area contributed by atoms with Gasteiger partial charge in [-0.15, -0.1) is 0 Å². The van der Waals surface area contributed by atoms with Crippen LogP contribution in [0.4, 0.5) is 32.4 Å². The van der Waals surface area contributed by atoms with Gasteiger partial charge in [0.2, 0.25) is 0 Å². The Morgan fingerprint density at radius 1 is 1.07 bits per heavy atom. The van der Waals surface area contributed by atoms with Gasteiger partial charge in [-0.1, -0.05) is 6.07 Å². The van der Waals surface area contributed by atoms with E-state index in [2.05, 4.69) is 9.50 Å². The summed E-state index contributed by atoms with van der Waals surface area (Å²) in [6.07, 6.45) is -1.01. The average molecular weight is 427 g/mol. The highest BCUT2D eigenvalue weighted by molar-refractivity contribution is 7.88. The monoisotopic (exact) mass is 427 g/mol. The first-order chi connectivity index (χ1) is 12.6. The number of carbonyl (C=O) groups excluding carboxylic acids is 1. The quantitative estimate of drug-likeness (QED) is 0.437. The number of anilines is 1. The molecule has 0 unspecified atom stereocenters. The van der Waals surface area contributed by atoms with Crippen molar-refractivity contribution < 1.29 is 44.1 Å². The Hall–Kier alpha value is -2.63. The molecule has 2 aromatic carbocycles. The number of fused-ring (bicyclic) bond motifs is 1. The van der Waals surface area contributed by atoms with Crippen LogP contribution in [0.5, 0.6) is 5.75 Å². The number of carbonyl (C=O) groups is 1. The Balaban J connectivity index is 2.59. The summed E-state index contributed by atoms with van der Waals surface area (Å²) >= 11 is 0. The summed E-state index contributed by atoms with van der Waals surface area (Å²) in [5.41, 5.74) is -6.98. The molecule has 1 amide bonds. The molecule has 2 aromatic rings. The van der Waals surface area contributed by atoms with E-state index in [0.29, 0.717) is 12.1 Å². The fourth-order valence-corrected chi connectivity index (χ4v) is 2.55. The molecule has 0 aliphatic rings. The standard InChI is InChI=1S/C16H14F5NO5S/c1-15(2,3)26-14(23)22-9-6-8-4-5-10(17)13(18)12(8)11(7-9)27-28(24,25)16(19,20)21/h4-7H,1-3H3,(H,22,23). The van der Waals surface area contributed by atoms with E-state index in [1.807, 2.05) is 0 Å². The first-order valence-corrected chi connectivity index (χ1v) is 8.94. The number of hydrogen-bond donors (Lipinski definition) is 1. The number of hydrogen-bond acceptors (Lipinski definition) is 5. The lowest BCUT2D eigenvalue weighted by Crippen LogP contribution is -2.28. The van der Waals surface area contributed by atoms with Crippen molar-refractivity contribution in [1.82, 2.24) is 0 Å². The lowest BCUT2D eigenvalue weighted by molar-refractivity contribution is -0.0499. The van der Waals surface area contributed by atoms with Crippen molar-refractivity contribution in [3.05, 3.63) is 35.9 Å². The molecule has 0 spiro atoms. The highest BCUT2D eigenvalue weighted by Gasteiger charge is 2.49. The van der Waals surface area contributed by atoms with Crippen molar-refractivity contribution in [1.29, 1.82) is 0 Å². The van der Waals surface area contributed by atoms with Crippen LogP contribution in [0.25, 0.3) is 10.8 Å². The largest absolute Gasteiger partial charge is 0.534 e. The van der Waals surface area contributed by atoms with Gasteiger partial charge in [0.25, 0.3) is 0 Å². The Bertz CT molecular complexity index is 1030. The smallest absolute Gasteiger partial charge is 0.444 e. The van der Waals surface area contributed by atoms with Crippen LogP contribution in [-0.4, -0.2) is 25.6 Å². The summed E-state index contributed by atoms with van der Waals surface area (Å²) in [7, 11) is -6.18. The second-order valence-corrected chi connectivity index (χ2v) is 8.08. The number of nitrogens with one attached hydrogen (secondary N) is 1. The van der Waals surface area contributed by atoms with E-state index in [-0.39, 0.29) is 11.1 Å². The van der Waals surface area contributed by atoms with Crippen molar-refractivity contribution in [2.75, 3.05) is 5.32 Å². The van der Waals surface area contributed by atoms with E-state index in [0.717, 1.165) is 12.1 Å². The minimum atomic E-state index is -6.18. The zero-order valence-corrected chi connectivity index (χ0v) is 15.5. The highest BCUT2D eigenvalue weighted by Crippen LogP contribution is 2.36. The zero-order chi connectivity index (χ0) is 21.5. The van der Waals surface area contributed by atoms with E-state index in [1.54, 1.807) is 20.8 Å². The third-order valence-corrected chi connectivity index (χ3v) is 4.07. The van der Waals surface area contributed by atoms with Gasteiger partial charge in [0.15, 0.2) is 17.4 Å². The lowest BCUT2D eigenvalue weighted by atomic mass is 10.1. The number of ether oxygens (including phenoxy) is 1. The Morgan fingerprint density at radius 2 is 1.68 bits per heavy atom. The molecule has 0 atom stereocenters. The van der Waals surface area contributed by atoms with E-state index in [1.165, 1.54) is 0 Å². The molecule has 12 heteroatoms. The number of alkyl halides is 3. The molecule has 0 radical (unpaired) electrons. The van der Waals surface area contributed by atoms with Gasteiger partial charge in [0.1, 0.15) is 5.60 Å². The molecule has 2 rings (SSSR count). The molecule has 0 fully saturated rings. The molecule has 0 saturated heterocycles. The van der Waals surface area contributed by atoms with E-state index >= 15 is 0 Å². The molecular formula is C16H14F5NO5S. The normalized spacial score (nSPS) is 12.7. The lowest BCUT2D eigenvalue weighted by Gasteiger charge is -2.20. The van der Waals surface area contributed by atoms with Gasteiger partial charge in [-0.05, 0) is 38.3 Å². The summed E-state index contributed by atoms with van der Waals surface area (Å²) in [6, 6.07) is 3.34. The van der Waals surface area contributed by atoms with Crippen LogP contribution >= 0.6 is 0 Å². The van der Waals surface area contributed by atoms with Gasteiger partial charge in [-0.3, -0.25) is 5.32 Å². The summed E-state index contributed by atoms with van der Waals surface area (Å²) < 4.78 is 97.0.